The maximum absolute atomic E-state index is 11.0. The van der Waals surface area contributed by atoms with Gasteiger partial charge in [-0.2, -0.15) is 0 Å². The van der Waals surface area contributed by atoms with Gasteiger partial charge < -0.3 is 5.11 Å². The van der Waals surface area contributed by atoms with Crippen LogP contribution in [0.25, 0.3) is 10.2 Å². The molecule has 3 rings (SSSR count). The summed E-state index contributed by atoms with van der Waals surface area (Å²) < 4.78 is 0. The molecule has 4 nitrogen and oxygen atoms in total. The van der Waals surface area contributed by atoms with Crippen molar-refractivity contribution in [2.75, 3.05) is 0 Å². The summed E-state index contributed by atoms with van der Waals surface area (Å²) in [5.74, 6) is -0.719. The van der Waals surface area contributed by atoms with Crippen LogP contribution in [-0.4, -0.2) is 21.0 Å². The van der Waals surface area contributed by atoms with E-state index < -0.39 is 5.97 Å². The molecule has 0 aliphatic heterocycles. The zero-order chi connectivity index (χ0) is 12.7. The second kappa shape index (κ2) is 4.48. The molecule has 0 bridgehead atoms. The average molecular weight is 283 g/mol. The first-order valence-corrected chi connectivity index (χ1v) is 7.00. The lowest BCUT2D eigenvalue weighted by Crippen LogP contribution is -2.12. The number of aryl methyl sites for hydroxylation is 1. The van der Waals surface area contributed by atoms with Crippen LogP contribution in [0.5, 0.6) is 0 Å². The Kier molecular flexibility index (Phi) is 2.95. The van der Waals surface area contributed by atoms with Crippen molar-refractivity contribution in [2.45, 2.75) is 31.6 Å². The Morgan fingerprint density at radius 2 is 2.39 bits per heavy atom. The molecular weight excluding hydrogens is 272 g/mol. The number of rotatable bonds is 2. The number of aromatic nitrogens is 2. The van der Waals surface area contributed by atoms with Crippen molar-refractivity contribution in [3.05, 3.63) is 21.9 Å². The van der Waals surface area contributed by atoms with Crippen LogP contribution in [0.3, 0.4) is 0 Å². The molecule has 1 aliphatic rings. The number of carboxylic acid groups (broad SMARTS) is 1. The number of halogens is 1. The topological polar surface area (TPSA) is 63.1 Å². The minimum Gasteiger partial charge on any atom is -0.481 e. The predicted molar refractivity (Wildman–Crippen MR) is 70.4 cm³/mol. The summed E-state index contributed by atoms with van der Waals surface area (Å²) in [4.78, 5) is 21.3. The third-order valence-corrected chi connectivity index (χ3v) is 4.80. The second-order valence-electron chi connectivity index (χ2n) is 4.47. The van der Waals surface area contributed by atoms with Gasteiger partial charge in [-0.05, 0) is 30.7 Å². The summed E-state index contributed by atoms with van der Waals surface area (Å²) in [6.07, 6.45) is 4.53. The number of carbonyl (C=O) groups is 1. The maximum Gasteiger partial charge on any atom is 0.303 e. The van der Waals surface area contributed by atoms with Crippen LogP contribution in [0.2, 0.25) is 5.15 Å². The van der Waals surface area contributed by atoms with Crippen LogP contribution in [0.1, 0.15) is 35.6 Å². The van der Waals surface area contributed by atoms with Crippen LogP contribution < -0.4 is 0 Å². The molecule has 0 aromatic carbocycles. The van der Waals surface area contributed by atoms with Crippen molar-refractivity contribution < 1.29 is 9.90 Å². The summed E-state index contributed by atoms with van der Waals surface area (Å²) in [7, 11) is 0. The van der Waals surface area contributed by atoms with Crippen LogP contribution in [0.4, 0.5) is 0 Å². The molecule has 2 aromatic heterocycles. The number of nitrogens with zero attached hydrogens (tertiary/aromatic N) is 2. The number of thiophene rings is 1. The Labute approximate surface area is 113 Å². The van der Waals surface area contributed by atoms with Crippen molar-refractivity contribution in [1.29, 1.82) is 0 Å². The van der Waals surface area contributed by atoms with Gasteiger partial charge in [0.15, 0.2) is 0 Å². The molecule has 0 saturated carbocycles. The van der Waals surface area contributed by atoms with Crippen LogP contribution in [-0.2, 0) is 11.2 Å². The van der Waals surface area contributed by atoms with E-state index in [2.05, 4.69) is 9.97 Å². The van der Waals surface area contributed by atoms with E-state index in [1.807, 2.05) is 0 Å². The molecule has 6 heteroatoms. The number of hydrogen-bond acceptors (Lipinski definition) is 4. The predicted octanol–water partition coefficient (Wildman–Crippen LogP) is 3.24. The summed E-state index contributed by atoms with van der Waals surface area (Å²) >= 11 is 7.76. The molecule has 1 N–H and O–H groups in total. The highest BCUT2D eigenvalue weighted by Gasteiger charge is 2.28. The molecule has 2 aromatic rings. The van der Waals surface area contributed by atoms with E-state index in [9.17, 15) is 4.79 Å². The highest BCUT2D eigenvalue weighted by molar-refractivity contribution is 7.19. The van der Waals surface area contributed by atoms with E-state index in [0.717, 1.165) is 35.0 Å². The summed E-state index contributed by atoms with van der Waals surface area (Å²) in [6.45, 7) is 0. The van der Waals surface area contributed by atoms with Crippen LogP contribution >= 0.6 is 22.9 Å². The van der Waals surface area contributed by atoms with Crippen molar-refractivity contribution in [3.8, 4) is 0 Å². The zero-order valence-electron chi connectivity index (χ0n) is 9.52. The first-order valence-electron chi connectivity index (χ1n) is 5.80. The molecule has 0 amide bonds. The Bertz CT molecular complexity index is 626. The lowest BCUT2D eigenvalue weighted by Gasteiger charge is -2.21. The monoisotopic (exact) mass is 282 g/mol. The lowest BCUT2D eigenvalue weighted by molar-refractivity contribution is -0.137. The molecule has 0 fully saturated rings. The minimum atomic E-state index is -0.764. The quantitative estimate of drug-likeness (QED) is 0.859. The summed E-state index contributed by atoms with van der Waals surface area (Å²) in [6, 6.07) is 0. The Hall–Kier alpha value is -1.20. The molecule has 1 aliphatic carbocycles. The first kappa shape index (κ1) is 11.9. The van der Waals surface area contributed by atoms with E-state index >= 15 is 0 Å². The number of carboxylic acids is 1. The van der Waals surface area contributed by atoms with E-state index in [-0.39, 0.29) is 12.3 Å². The Morgan fingerprint density at radius 3 is 3.17 bits per heavy atom. The van der Waals surface area contributed by atoms with Gasteiger partial charge in [-0.1, -0.05) is 11.6 Å². The van der Waals surface area contributed by atoms with Crippen molar-refractivity contribution >= 4 is 39.1 Å². The highest BCUT2D eigenvalue weighted by atomic mass is 35.5. The van der Waals surface area contributed by atoms with Gasteiger partial charge in [0.25, 0.3) is 0 Å². The largest absolute Gasteiger partial charge is 0.481 e. The summed E-state index contributed by atoms with van der Waals surface area (Å²) in [5.41, 5.74) is 1.08. The van der Waals surface area contributed by atoms with Gasteiger partial charge in [0.05, 0.1) is 11.8 Å². The van der Waals surface area contributed by atoms with Crippen LogP contribution in [0.15, 0.2) is 6.33 Å². The fourth-order valence-corrected chi connectivity index (χ4v) is 4.21. The standard InChI is InChI=1S/C12H11ClN2O2S/c13-11-10-9-6(4-8(16)17)2-1-3-7(9)18-12(10)15-5-14-11/h5-6H,1-4H2,(H,16,17)/t6-/m1/s1. The Morgan fingerprint density at radius 1 is 1.56 bits per heavy atom. The molecule has 18 heavy (non-hydrogen) atoms. The normalized spacial score (nSPS) is 18.8. The molecule has 1 atom stereocenters. The van der Waals surface area contributed by atoms with Gasteiger partial charge >= 0.3 is 5.97 Å². The van der Waals surface area contributed by atoms with Gasteiger partial charge in [0.2, 0.25) is 0 Å². The highest BCUT2D eigenvalue weighted by Crippen LogP contribution is 2.44. The third-order valence-electron chi connectivity index (χ3n) is 3.34. The summed E-state index contributed by atoms with van der Waals surface area (Å²) in [5, 5.41) is 10.3. The first-order chi connectivity index (χ1) is 8.66. The molecule has 0 saturated heterocycles. The van der Waals surface area contributed by atoms with Crippen molar-refractivity contribution in [3.63, 3.8) is 0 Å². The fraction of sp³-hybridized carbons (Fsp3) is 0.417. The smallest absolute Gasteiger partial charge is 0.303 e. The van der Waals surface area contributed by atoms with Gasteiger partial charge in [0.1, 0.15) is 16.3 Å². The lowest BCUT2D eigenvalue weighted by atomic mass is 9.84. The fourth-order valence-electron chi connectivity index (χ4n) is 2.65. The number of aliphatic carboxylic acids is 1. The second-order valence-corrected chi connectivity index (χ2v) is 5.91. The molecule has 94 valence electrons. The van der Waals surface area contributed by atoms with Crippen molar-refractivity contribution in [2.24, 2.45) is 0 Å². The van der Waals surface area contributed by atoms with E-state index in [1.54, 1.807) is 11.3 Å². The van der Waals surface area contributed by atoms with Crippen LogP contribution in [0, 0.1) is 0 Å². The molecular formula is C12H11ClN2O2S. The maximum atomic E-state index is 11.0. The third kappa shape index (κ3) is 1.87. The SMILES string of the molecule is O=C(O)C[C@H]1CCCc2sc3ncnc(Cl)c3c21. The average Bonchev–Trinajstić information content (AvgIpc) is 2.69. The van der Waals surface area contributed by atoms with Crippen molar-refractivity contribution in [1.82, 2.24) is 9.97 Å². The van der Waals surface area contributed by atoms with E-state index in [4.69, 9.17) is 16.7 Å². The zero-order valence-corrected chi connectivity index (χ0v) is 11.1. The van der Waals surface area contributed by atoms with E-state index in [0.29, 0.717) is 5.15 Å². The van der Waals surface area contributed by atoms with E-state index in [1.165, 1.54) is 11.2 Å². The molecule has 0 spiro atoms. The van der Waals surface area contributed by atoms with Gasteiger partial charge in [-0.25, -0.2) is 9.97 Å². The Balaban J connectivity index is 2.20. The van der Waals surface area contributed by atoms with Gasteiger partial charge in [0, 0.05) is 4.88 Å². The van der Waals surface area contributed by atoms with Gasteiger partial charge in [-0.3, -0.25) is 4.79 Å². The number of hydrogen-bond donors (Lipinski definition) is 1. The minimum absolute atomic E-state index is 0.0449. The number of fused-ring (bicyclic) bond motifs is 3. The molecule has 2 heterocycles. The molecule has 0 unspecified atom stereocenters. The molecule has 0 radical (unpaired) electrons. The van der Waals surface area contributed by atoms with Gasteiger partial charge in [-0.15, -0.1) is 11.3 Å².